The first-order valence-electron chi connectivity index (χ1n) is 9.56. The lowest BCUT2D eigenvalue weighted by molar-refractivity contribution is -0.118. The standard InChI is InChI=1S/C21H23FN2O5S2/c1-28-12-11-24-18-10-5-15(22)14-19(18)30-21(24)23-20(25)4-3-13-31(26,27)17-8-6-16(29-2)7-9-17/h5-10,14H,3-4,11-13H2,1-2H3. The molecule has 1 heterocycles. The largest absolute Gasteiger partial charge is 0.497 e. The molecule has 0 fully saturated rings. The van der Waals surface area contributed by atoms with E-state index in [4.69, 9.17) is 9.47 Å². The summed E-state index contributed by atoms with van der Waals surface area (Å²) in [5.74, 6) is -0.391. The third-order valence-corrected chi connectivity index (χ3v) is 7.46. The van der Waals surface area contributed by atoms with Gasteiger partial charge in [0, 0.05) is 20.1 Å². The zero-order valence-electron chi connectivity index (χ0n) is 17.2. The van der Waals surface area contributed by atoms with Gasteiger partial charge in [0.05, 0.1) is 34.6 Å². The van der Waals surface area contributed by atoms with Crippen LogP contribution in [0.25, 0.3) is 10.2 Å². The number of hydrogen-bond donors (Lipinski definition) is 0. The maximum Gasteiger partial charge on any atom is 0.248 e. The minimum absolute atomic E-state index is 0.0116. The molecule has 0 aliphatic carbocycles. The molecule has 31 heavy (non-hydrogen) atoms. The number of fused-ring (bicyclic) bond motifs is 1. The van der Waals surface area contributed by atoms with E-state index < -0.39 is 15.7 Å². The molecule has 166 valence electrons. The topological polar surface area (TPSA) is 87.0 Å². The number of rotatable bonds is 9. The zero-order chi connectivity index (χ0) is 22.4. The summed E-state index contributed by atoms with van der Waals surface area (Å²) in [6.45, 7) is 0.866. The molecular formula is C21H23FN2O5S2. The SMILES string of the molecule is COCCn1c(=NC(=O)CCCS(=O)(=O)c2ccc(OC)cc2)sc2cc(F)ccc21. The van der Waals surface area contributed by atoms with Crippen molar-refractivity contribution < 1.29 is 27.1 Å². The number of carbonyl (C=O) groups excluding carboxylic acids is 1. The van der Waals surface area contributed by atoms with Crippen LogP contribution in [0.2, 0.25) is 0 Å². The summed E-state index contributed by atoms with van der Waals surface area (Å²) in [5, 5.41) is 0. The summed E-state index contributed by atoms with van der Waals surface area (Å²) in [6.07, 6.45) is 0.135. The summed E-state index contributed by atoms with van der Waals surface area (Å²) < 4.78 is 51.1. The van der Waals surface area contributed by atoms with Crippen molar-refractivity contribution in [2.75, 3.05) is 26.6 Å². The van der Waals surface area contributed by atoms with E-state index in [1.165, 1.54) is 42.7 Å². The van der Waals surface area contributed by atoms with Crippen molar-refractivity contribution in [2.45, 2.75) is 24.3 Å². The van der Waals surface area contributed by atoms with Crippen LogP contribution in [0.15, 0.2) is 52.4 Å². The normalized spacial score (nSPS) is 12.4. The van der Waals surface area contributed by atoms with Crippen molar-refractivity contribution in [1.82, 2.24) is 4.57 Å². The van der Waals surface area contributed by atoms with E-state index in [9.17, 15) is 17.6 Å². The van der Waals surface area contributed by atoms with E-state index >= 15 is 0 Å². The molecule has 0 saturated heterocycles. The lowest BCUT2D eigenvalue weighted by Gasteiger charge is -2.05. The Labute approximate surface area is 183 Å². The quantitative estimate of drug-likeness (QED) is 0.483. The predicted molar refractivity (Wildman–Crippen MR) is 116 cm³/mol. The zero-order valence-corrected chi connectivity index (χ0v) is 18.8. The molecule has 10 heteroatoms. The van der Waals surface area contributed by atoms with E-state index in [0.29, 0.717) is 28.4 Å². The number of halogens is 1. The maximum absolute atomic E-state index is 13.6. The molecule has 0 N–H and O–H groups in total. The minimum Gasteiger partial charge on any atom is -0.497 e. The number of carbonyl (C=O) groups is 1. The van der Waals surface area contributed by atoms with Crippen LogP contribution in [0.4, 0.5) is 4.39 Å². The van der Waals surface area contributed by atoms with Gasteiger partial charge in [0.25, 0.3) is 0 Å². The van der Waals surface area contributed by atoms with Gasteiger partial charge in [-0.3, -0.25) is 4.79 Å². The number of hydrogen-bond acceptors (Lipinski definition) is 6. The van der Waals surface area contributed by atoms with Crippen LogP contribution in [-0.2, 0) is 25.9 Å². The average Bonchev–Trinajstić information content (AvgIpc) is 3.07. The summed E-state index contributed by atoms with van der Waals surface area (Å²) in [4.78, 5) is 17.2. The highest BCUT2D eigenvalue weighted by molar-refractivity contribution is 7.91. The van der Waals surface area contributed by atoms with Gasteiger partial charge in [0.15, 0.2) is 14.6 Å². The number of ether oxygens (including phenoxy) is 2. The molecule has 0 radical (unpaired) electrons. The van der Waals surface area contributed by atoms with Gasteiger partial charge in [-0.25, -0.2) is 12.8 Å². The van der Waals surface area contributed by atoms with Crippen LogP contribution < -0.4 is 9.54 Å². The molecule has 0 spiro atoms. The number of amides is 1. The van der Waals surface area contributed by atoms with E-state index in [-0.39, 0.29) is 29.3 Å². The Morgan fingerprint density at radius 1 is 1.16 bits per heavy atom. The molecule has 0 saturated carbocycles. The van der Waals surface area contributed by atoms with Gasteiger partial charge in [-0.05, 0) is 48.9 Å². The average molecular weight is 467 g/mol. The fourth-order valence-corrected chi connectivity index (χ4v) is 5.42. The highest BCUT2D eigenvalue weighted by Gasteiger charge is 2.15. The van der Waals surface area contributed by atoms with Gasteiger partial charge < -0.3 is 14.0 Å². The van der Waals surface area contributed by atoms with Gasteiger partial charge in [-0.2, -0.15) is 4.99 Å². The molecule has 2 aromatic carbocycles. The van der Waals surface area contributed by atoms with Crippen molar-refractivity contribution in [2.24, 2.45) is 4.99 Å². The van der Waals surface area contributed by atoms with E-state index in [1.54, 1.807) is 29.9 Å². The molecule has 0 aliphatic rings. The van der Waals surface area contributed by atoms with E-state index in [1.807, 2.05) is 0 Å². The monoisotopic (exact) mass is 466 g/mol. The smallest absolute Gasteiger partial charge is 0.248 e. The van der Waals surface area contributed by atoms with Crippen LogP contribution in [0.1, 0.15) is 12.8 Å². The molecule has 0 unspecified atom stereocenters. The molecule has 7 nitrogen and oxygen atoms in total. The first-order chi connectivity index (χ1) is 14.8. The van der Waals surface area contributed by atoms with Crippen LogP contribution in [0, 0.1) is 5.82 Å². The number of aromatic nitrogens is 1. The maximum atomic E-state index is 13.6. The first-order valence-corrected chi connectivity index (χ1v) is 12.0. The molecule has 1 aromatic heterocycles. The Balaban J connectivity index is 1.72. The van der Waals surface area contributed by atoms with Gasteiger partial charge in [-0.1, -0.05) is 11.3 Å². The Kier molecular flexibility index (Phi) is 7.58. The van der Waals surface area contributed by atoms with Crippen LogP contribution >= 0.6 is 11.3 Å². The highest BCUT2D eigenvalue weighted by Crippen LogP contribution is 2.19. The minimum atomic E-state index is -3.51. The van der Waals surface area contributed by atoms with Crippen molar-refractivity contribution in [3.8, 4) is 5.75 Å². The molecule has 0 bridgehead atoms. The van der Waals surface area contributed by atoms with E-state index in [0.717, 1.165) is 5.52 Å². The van der Waals surface area contributed by atoms with Gasteiger partial charge in [0.1, 0.15) is 11.6 Å². The number of thiazole rings is 1. The lowest BCUT2D eigenvalue weighted by atomic mass is 10.3. The Bertz CT molecular complexity index is 1230. The molecule has 1 amide bonds. The third-order valence-electron chi connectivity index (χ3n) is 4.61. The van der Waals surface area contributed by atoms with Crippen molar-refractivity contribution in [3.63, 3.8) is 0 Å². The highest BCUT2D eigenvalue weighted by atomic mass is 32.2. The Morgan fingerprint density at radius 3 is 2.58 bits per heavy atom. The van der Waals surface area contributed by atoms with Crippen molar-refractivity contribution in [3.05, 3.63) is 53.1 Å². The molecule has 0 atom stereocenters. The summed E-state index contributed by atoms with van der Waals surface area (Å²) in [6, 6.07) is 10.5. The van der Waals surface area contributed by atoms with Gasteiger partial charge in [0.2, 0.25) is 5.91 Å². The number of nitrogens with zero attached hydrogens (tertiary/aromatic N) is 2. The fraction of sp³-hybridized carbons (Fsp3) is 0.333. The van der Waals surface area contributed by atoms with E-state index in [2.05, 4.69) is 4.99 Å². The summed E-state index contributed by atoms with van der Waals surface area (Å²) in [7, 11) is -0.435. The lowest BCUT2D eigenvalue weighted by Crippen LogP contribution is -2.19. The number of methoxy groups -OCH3 is 2. The Hall–Kier alpha value is -2.56. The van der Waals surface area contributed by atoms with Crippen LogP contribution in [0.3, 0.4) is 0 Å². The first kappa shape index (κ1) is 23.1. The van der Waals surface area contributed by atoms with Crippen molar-refractivity contribution >= 4 is 37.3 Å². The second-order valence-corrected chi connectivity index (χ2v) is 9.86. The third kappa shape index (κ3) is 5.78. The molecular weight excluding hydrogens is 443 g/mol. The second-order valence-electron chi connectivity index (χ2n) is 6.74. The van der Waals surface area contributed by atoms with Gasteiger partial charge >= 0.3 is 0 Å². The molecule has 0 aliphatic heterocycles. The van der Waals surface area contributed by atoms with Crippen LogP contribution in [0.5, 0.6) is 5.75 Å². The molecule has 3 aromatic rings. The summed E-state index contributed by atoms with van der Waals surface area (Å²) in [5.41, 5.74) is 0.761. The Morgan fingerprint density at radius 2 is 1.90 bits per heavy atom. The second kappa shape index (κ2) is 10.2. The number of benzene rings is 2. The number of sulfone groups is 1. The molecule has 3 rings (SSSR count). The fourth-order valence-electron chi connectivity index (χ4n) is 3.01. The van der Waals surface area contributed by atoms with Gasteiger partial charge in [-0.15, -0.1) is 0 Å². The van der Waals surface area contributed by atoms with Crippen LogP contribution in [-0.4, -0.2) is 45.5 Å². The summed E-state index contributed by atoms with van der Waals surface area (Å²) >= 11 is 1.21. The predicted octanol–water partition coefficient (Wildman–Crippen LogP) is 3.18. The van der Waals surface area contributed by atoms with Crippen molar-refractivity contribution in [1.29, 1.82) is 0 Å².